The van der Waals surface area contributed by atoms with Gasteiger partial charge in [-0.15, -0.1) is 0 Å². The molecule has 1 saturated carbocycles. The second kappa shape index (κ2) is 8.50. The molecule has 0 heterocycles. The van der Waals surface area contributed by atoms with E-state index in [1.807, 2.05) is 0 Å². The number of carbonyl (C=O) groups excluding carboxylic acids is 1. The van der Waals surface area contributed by atoms with Crippen molar-refractivity contribution < 1.29 is 19.4 Å². The van der Waals surface area contributed by atoms with Crippen LogP contribution in [-0.4, -0.2) is 23.7 Å². The Hall–Kier alpha value is -1.58. The lowest BCUT2D eigenvalue weighted by Gasteiger charge is -2.09. The van der Waals surface area contributed by atoms with Crippen molar-refractivity contribution in [3.8, 4) is 0 Å². The molecule has 1 N–H and O–H groups in total. The van der Waals surface area contributed by atoms with Gasteiger partial charge in [-0.05, 0) is 32.6 Å². The first-order valence-corrected chi connectivity index (χ1v) is 6.06. The topological polar surface area (TPSA) is 63.6 Å². The molecule has 0 aromatic heterocycles. The number of carboxylic acids is 1. The van der Waals surface area contributed by atoms with Gasteiger partial charge in [0.25, 0.3) is 0 Å². The molecule has 0 amide bonds. The highest BCUT2D eigenvalue weighted by molar-refractivity contribution is 5.86. The molecule has 1 aliphatic carbocycles. The fourth-order valence-electron chi connectivity index (χ4n) is 1.49. The van der Waals surface area contributed by atoms with Gasteiger partial charge in [0.1, 0.15) is 0 Å². The van der Waals surface area contributed by atoms with Gasteiger partial charge in [-0.3, -0.25) is 0 Å². The van der Waals surface area contributed by atoms with Crippen molar-refractivity contribution in [2.24, 2.45) is 5.92 Å². The minimum atomic E-state index is -0.935. The molecule has 1 fully saturated rings. The minimum absolute atomic E-state index is 0.176. The highest BCUT2D eigenvalue weighted by Crippen LogP contribution is 2.24. The van der Waals surface area contributed by atoms with Crippen LogP contribution in [0.2, 0.25) is 0 Å². The van der Waals surface area contributed by atoms with Crippen molar-refractivity contribution in [3.05, 3.63) is 24.3 Å². The van der Waals surface area contributed by atoms with E-state index in [4.69, 9.17) is 9.84 Å². The van der Waals surface area contributed by atoms with E-state index in [1.165, 1.54) is 32.6 Å². The number of carboxylic acid groups (broad SMARTS) is 1. The van der Waals surface area contributed by atoms with Gasteiger partial charge in [0.05, 0.1) is 6.61 Å². The predicted octanol–water partition coefficient (Wildman–Crippen LogP) is 2.94. The molecular weight excluding hydrogens is 232 g/mol. The fourth-order valence-corrected chi connectivity index (χ4v) is 1.49. The molecule has 4 nitrogen and oxygen atoms in total. The lowest BCUT2D eigenvalue weighted by molar-refractivity contribution is -0.140. The van der Waals surface area contributed by atoms with Crippen LogP contribution >= 0.6 is 0 Å². The molecule has 4 heteroatoms. The Balaban J connectivity index is 0.000000411. The molecular formula is C14H22O4. The van der Waals surface area contributed by atoms with Crippen molar-refractivity contribution in [2.45, 2.75) is 39.5 Å². The van der Waals surface area contributed by atoms with E-state index in [0.717, 1.165) is 0 Å². The number of esters is 1. The van der Waals surface area contributed by atoms with Crippen molar-refractivity contribution in [1.82, 2.24) is 0 Å². The molecule has 1 rings (SSSR count). The summed E-state index contributed by atoms with van der Waals surface area (Å²) in [6.45, 7) is 10.4. The van der Waals surface area contributed by atoms with Crippen LogP contribution in [0.1, 0.15) is 39.5 Å². The zero-order valence-corrected chi connectivity index (χ0v) is 11.2. The average Bonchev–Trinajstić information content (AvgIpc) is 2.79. The lowest BCUT2D eigenvalue weighted by Crippen LogP contribution is -2.11. The monoisotopic (exact) mass is 254 g/mol. The molecule has 0 saturated heterocycles. The SMILES string of the molecule is C=C(C)C(=O)O.C=C(C)C(=O)OCC1CCCC1. The standard InChI is InChI=1S/C10H16O2.C4H6O2/c1-8(2)10(11)12-7-9-5-3-4-6-9;1-3(2)4(5)6/h9H,1,3-7H2,2H3;1H2,2H3,(H,5,6). The van der Waals surface area contributed by atoms with Gasteiger partial charge in [0, 0.05) is 11.1 Å². The van der Waals surface area contributed by atoms with Gasteiger partial charge in [0.15, 0.2) is 0 Å². The molecule has 102 valence electrons. The molecule has 1 aliphatic rings. The second-order valence-electron chi connectivity index (χ2n) is 4.61. The molecule has 0 aromatic rings. The van der Waals surface area contributed by atoms with Crippen molar-refractivity contribution in [2.75, 3.05) is 6.61 Å². The average molecular weight is 254 g/mol. The molecule has 0 aliphatic heterocycles. The summed E-state index contributed by atoms with van der Waals surface area (Å²) in [6.07, 6.45) is 5.00. The van der Waals surface area contributed by atoms with Crippen LogP contribution in [0, 0.1) is 5.92 Å². The van der Waals surface area contributed by atoms with Crippen LogP contribution in [0.15, 0.2) is 24.3 Å². The molecule has 0 radical (unpaired) electrons. The van der Waals surface area contributed by atoms with Crippen LogP contribution in [0.4, 0.5) is 0 Å². The van der Waals surface area contributed by atoms with E-state index in [9.17, 15) is 9.59 Å². The number of rotatable bonds is 4. The largest absolute Gasteiger partial charge is 0.478 e. The Labute approximate surface area is 108 Å². The van der Waals surface area contributed by atoms with Crippen molar-refractivity contribution in [1.29, 1.82) is 0 Å². The van der Waals surface area contributed by atoms with E-state index >= 15 is 0 Å². The molecule has 0 bridgehead atoms. The highest BCUT2D eigenvalue weighted by atomic mass is 16.5. The van der Waals surface area contributed by atoms with Gasteiger partial charge in [0.2, 0.25) is 0 Å². The second-order valence-corrected chi connectivity index (χ2v) is 4.61. The molecule has 18 heavy (non-hydrogen) atoms. The number of hydrogen-bond donors (Lipinski definition) is 1. The molecule has 0 atom stereocenters. The number of hydrogen-bond acceptors (Lipinski definition) is 3. The van der Waals surface area contributed by atoms with Crippen LogP contribution in [0.5, 0.6) is 0 Å². The van der Waals surface area contributed by atoms with Gasteiger partial charge in [-0.25, -0.2) is 9.59 Å². The van der Waals surface area contributed by atoms with Crippen LogP contribution in [0.25, 0.3) is 0 Å². The summed E-state index contributed by atoms with van der Waals surface area (Å²) in [4.78, 5) is 20.6. The zero-order valence-electron chi connectivity index (χ0n) is 11.2. The maximum Gasteiger partial charge on any atom is 0.333 e. The summed E-state index contributed by atoms with van der Waals surface area (Å²) in [5.41, 5.74) is 0.669. The summed E-state index contributed by atoms with van der Waals surface area (Å²) < 4.78 is 5.05. The fraction of sp³-hybridized carbons (Fsp3) is 0.571. The number of aliphatic carboxylic acids is 1. The smallest absolute Gasteiger partial charge is 0.333 e. The summed E-state index contributed by atoms with van der Waals surface area (Å²) in [5.74, 6) is -0.579. The van der Waals surface area contributed by atoms with E-state index in [1.54, 1.807) is 6.92 Å². The summed E-state index contributed by atoms with van der Waals surface area (Å²) in [7, 11) is 0. The maximum atomic E-state index is 11.0. The van der Waals surface area contributed by atoms with Crippen LogP contribution in [-0.2, 0) is 14.3 Å². The van der Waals surface area contributed by atoms with Gasteiger partial charge >= 0.3 is 11.9 Å². The Kier molecular flexibility index (Phi) is 7.76. The Morgan fingerprint density at radius 2 is 1.61 bits per heavy atom. The Bertz CT molecular complexity index is 313. The first kappa shape index (κ1) is 16.4. The highest BCUT2D eigenvalue weighted by Gasteiger charge is 2.16. The number of ether oxygens (including phenoxy) is 1. The van der Waals surface area contributed by atoms with Crippen molar-refractivity contribution in [3.63, 3.8) is 0 Å². The van der Waals surface area contributed by atoms with Crippen LogP contribution < -0.4 is 0 Å². The normalized spacial score (nSPS) is 14.3. The van der Waals surface area contributed by atoms with Crippen molar-refractivity contribution >= 4 is 11.9 Å². The Morgan fingerprint density at radius 1 is 1.17 bits per heavy atom. The third kappa shape index (κ3) is 7.65. The summed E-state index contributed by atoms with van der Waals surface area (Å²) in [5, 5.41) is 7.89. The van der Waals surface area contributed by atoms with Gasteiger partial charge < -0.3 is 9.84 Å². The molecule has 0 aromatic carbocycles. The third-order valence-corrected chi connectivity index (χ3v) is 2.64. The van der Waals surface area contributed by atoms with E-state index in [2.05, 4.69) is 13.2 Å². The van der Waals surface area contributed by atoms with Gasteiger partial charge in [-0.2, -0.15) is 0 Å². The van der Waals surface area contributed by atoms with Crippen LogP contribution in [0.3, 0.4) is 0 Å². The first-order chi connectivity index (χ1) is 8.34. The quantitative estimate of drug-likeness (QED) is 0.619. The minimum Gasteiger partial charge on any atom is -0.478 e. The molecule has 0 spiro atoms. The van der Waals surface area contributed by atoms with E-state index in [-0.39, 0.29) is 11.5 Å². The van der Waals surface area contributed by atoms with E-state index in [0.29, 0.717) is 18.1 Å². The number of carbonyl (C=O) groups is 2. The maximum absolute atomic E-state index is 11.0. The zero-order chi connectivity index (χ0) is 14.1. The summed E-state index contributed by atoms with van der Waals surface area (Å²) >= 11 is 0. The van der Waals surface area contributed by atoms with E-state index < -0.39 is 5.97 Å². The lowest BCUT2D eigenvalue weighted by atomic mass is 10.1. The summed E-state index contributed by atoms with van der Waals surface area (Å²) in [6, 6.07) is 0. The first-order valence-electron chi connectivity index (χ1n) is 6.06. The molecule has 0 unspecified atom stereocenters. The predicted molar refractivity (Wildman–Crippen MR) is 70.2 cm³/mol. The third-order valence-electron chi connectivity index (χ3n) is 2.64. The van der Waals surface area contributed by atoms with Gasteiger partial charge in [-0.1, -0.05) is 26.0 Å². The Morgan fingerprint density at radius 3 is 1.94 bits per heavy atom.